The Morgan fingerprint density at radius 1 is 0.692 bits per heavy atom. The Kier molecular flexibility index (Phi) is 18.6. The van der Waals surface area contributed by atoms with Gasteiger partial charge in [0.25, 0.3) is 0 Å². The molecule has 8 heteroatoms. The van der Waals surface area contributed by atoms with Gasteiger partial charge in [-0.2, -0.15) is 0 Å². The molecule has 1 aromatic carbocycles. The van der Waals surface area contributed by atoms with Crippen LogP contribution in [0.25, 0.3) is 0 Å². The summed E-state index contributed by atoms with van der Waals surface area (Å²) in [5.74, 6) is -0.168. The molecule has 26 heavy (non-hydrogen) atoms. The minimum absolute atomic E-state index is 0. The molecule has 0 saturated heterocycles. The van der Waals surface area contributed by atoms with Crippen molar-refractivity contribution in [2.45, 2.75) is 51.4 Å². The Morgan fingerprint density at radius 3 is 1.42 bits per heavy atom. The molecule has 2 radical (unpaired) electrons. The number of carboxylic acid groups (broad SMARTS) is 2. The molecule has 0 bridgehead atoms. The topological polar surface area (TPSA) is 93.1 Å². The van der Waals surface area contributed by atoms with Crippen LogP contribution in [0.4, 0.5) is 0 Å². The molecule has 1 aromatic rings. The second-order valence-corrected chi connectivity index (χ2v) is 5.55. The number of carboxylic acids is 2. The molecule has 0 aliphatic rings. The van der Waals surface area contributed by atoms with Crippen LogP contribution in [0, 0.1) is 0 Å². The Balaban J connectivity index is 0. The van der Waals surface area contributed by atoms with Crippen LogP contribution in [-0.4, -0.2) is 35.4 Å². The predicted molar refractivity (Wildman–Crippen MR) is 89.6 cm³/mol. The van der Waals surface area contributed by atoms with Gasteiger partial charge in [0, 0.05) is 57.6 Å². The van der Waals surface area contributed by atoms with E-state index in [2.05, 4.69) is 0 Å². The Labute approximate surface area is 185 Å². The maximum Gasteiger partial charge on any atom is 0.303 e. The molecule has 0 aromatic heterocycles. The number of ether oxygens (including phenoxy) is 2. The van der Waals surface area contributed by atoms with Crippen molar-refractivity contribution < 1.29 is 74.0 Å². The van der Waals surface area contributed by atoms with E-state index in [1.807, 2.05) is 24.3 Å². The molecule has 0 aliphatic heterocycles. The van der Waals surface area contributed by atoms with Crippen molar-refractivity contribution in [1.82, 2.24) is 0 Å². The first-order valence-corrected chi connectivity index (χ1v) is 8.38. The molecule has 0 fully saturated rings. The van der Waals surface area contributed by atoms with Crippen LogP contribution >= 0.6 is 0 Å². The zero-order valence-electron chi connectivity index (χ0n) is 14.5. The Morgan fingerprint density at radius 2 is 1.08 bits per heavy atom. The van der Waals surface area contributed by atoms with E-state index in [9.17, 15) is 9.59 Å². The first-order chi connectivity index (χ1) is 11.6. The summed E-state index contributed by atoms with van der Waals surface area (Å²) in [6, 6.07) is 7.44. The van der Waals surface area contributed by atoms with Gasteiger partial charge in [-0.05, 0) is 50.7 Å². The fourth-order valence-electron chi connectivity index (χ4n) is 2.16. The summed E-state index contributed by atoms with van der Waals surface area (Å²) in [6.45, 7) is 1.05. The number of aliphatic carboxylic acids is 2. The summed E-state index contributed by atoms with van der Waals surface area (Å²) in [5.41, 5.74) is 0. The van der Waals surface area contributed by atoms with Gasteiger partial charge in [-0.25, -0.2) is 0 Å². The summed E-state index contributed by atoms with van der Waals surface area (Å²) >= 11 is 0. The number of hydrogen-bond acceptors (Lipinski definition) is 4. The third-order valence-electron chi connectivity index (χ3n) is 3.43. The SMILES string of the molecule is O=C(O)CCCCCOc1ccccc1OCCCCCC(=O)O.[Ag].[Ag]. The van der Waals surface area contributed by atoms with Crippen LogP contribution in [0.2, 0.25) is 0 Å². The number of hydrogen-bond donors (Lipinski definition) is 2. The summed E-state index contributed by atoms with van der Waals surface area (Å²) in [5, 5.41) is 17.1. The molecular formula is C18H26Ag2O6. The fourth-order valence-corrected chi connectivity index (χ4v) is 2.16. The molecule has 0 unspecified atom stereocenters. The minimum Gasteiger partial charge on any atom is -0.490 e. The van der Waals surface area contributed by atoms with Crippen molar-refractivity contribution in [2.24, 2.45) is 0 Å². The van der Waals surface area contributed by atoms with E-state index in [1.54, 1.807) is 0 Å². The third kappa shape index (κ3) is 14.4. The van der Waals surface area contributed by atoms with Crippen molar-refractivity contribution >= 4 is 11.9 Å². The first kappa shape index (κ1) is 27.5. The van der Waals surface area contributed by atoms with Gasteiger partial charge in [0.2, 0.25) is 0 Å². The second kappa shape index (κ2) is 17.6. The van der Waals surface area contributed by atoms with Gasteiger partial charge < -0.3 is 19.7 Å². The largest absolute Gasteiger partial charge is 0.490 e. The van der Waals surface area contributed by atoms with Crippen LogP contribution in [0.5, 0.6) is 11.5 Å². The van der Waals surface area contributed by atoms with Crippen LogP contribution in [0.1, 0.15) is 51.4 Å². The maximum atomic E-state index is 10.4. The van der Waals surface area contributed by atoms with Crippen molar-refractivity contribution in [3.05, 3.63) is 24.3 Å². The van der Waals surface area contributed by atoms with E-state index in [0.29, 0.717) is 37.6 Å². The van der Waals surface area contributed by atoms with Gasteiger partial charge >= 0.3 is 11.9 Å². The number of benzene rings is 1. The molecule has 0 aliphatic carbocycles. The molecule has 6 nitrogen and oxygen atoms in total. The van der Waals surface area contributed by atoms with Gasteiger partial charge in [0.05, 0.1) is 13.2 Å². The van der Waals surface area contributed by atoms with Crippen molar-refractivity contribution in [3.63, 3.8) is 0 Å². The zero-order valence-corrected chi connectivity index (χ0v) is 17.5. The Bertz CT molecular complexity index is 465. The average molecular weight is 554 g/mol. The monoisotopic (exact) mass is 552 g/mol. The molecular weight excluding hydrogens is 528 g/mol. The first-order valence-electron chi connectivity index (χ1n) is 8.38. The summed E-state index contributed by atoms with van der Waals surface area (Å²) in [4.78, 5) is 20.8. The van der Waals surface area contributed by atoms with Crippen LogP contribution in [-0.2, 0) is 54.3 Å². The zero-order chi connectivity index (χ0) is 17.6. The molecule has 2 N–H and O–H groups in total. The number of unbranched alkanes of at least 4 members (excludes halogenated alkanes) is 4. The molecule has 0 saturated carbocycles. The van der Waals surface area contributed by atoms with Gasteiger partial charge in [0.15, 0.2) is 11.5 Å². The van der Waals surface area contributed by atoms with Gasteiger partial charge in [0.1, 0.15) is 0 Å². The van der Waals surface area contributed by atoms with E-state index in [4.69, 9.17) is 19.7 Å². The van der Waals surface area contributed by atoms with Crippen molar-refractivity contribution in [2.75, 3.05) is 13.2 Å². The summed E-state index contributed by atoms with van der Waals surface area (Å²) in [7, 11) is 0. The standard InChI is InChI=1S/C18H26O6.2Ag/c19-17(20)11-3-1-7-13-23-15-9-5-6-10-16(15)24-14-8-2-4-12-18(21)22;;/h5-6,9-10H,1-4,7-8,11-14H2,(H,19,20)(H,21,22);;. The smallest absolute Gasteiger partial charge is 0.303 e. The van der Waals surface area contributed by atoms with E-state index in [-0.39, 0.29) is 57.6 Å². The molecule has 156 valence electrons. The summed E-state index contributed by atoms with van der Waals surface area (Å²) in [6.07, 6.45) is 4.95. The number of carbonyl (C=O) groups is 2. The number of para-hydroxylation sites is 2. The molecule has 0 heterocycles. The maximum absolute atomic E-state index is 10.4. The molecule has 0 atom stereocenters. The van der Waals surface area contributed by atoms with Crippen LogP contribution in [0.3, 0.4) is 0 Å². The van der Waals surface area contributed by atoms with Crippen molar-refractivity contribution in [3.8, 4) is 11.5 Å². The molecule has 0 spiro atoms. The molecule has 0 amide bonds. The predicted octanol–water partition coefficient (Wildman–Crippen LogP) is 3.73. The number of rotatable bonds is 14. The fraction of sp³-hybridized carbons (Fsp3) is 0.556. The quantitative estimate of drug-likeness (QED) is 0.269. The van der Waals surface area contributed by atoms with Gasteiger partial charge in [-0.15, -0.1) is 0 Å². The van der Waals surface area contributed by atoms with Crippen LogP contribution < -0.4 is 9.47 Å². The van der Waals surface area contributed by atoms with Crippen molar-refractivity contribution in [1.29, 1.82) is 0 Å². The van der Waals surface area contributed by atoms with E-state index in [1.165, 1.54) is 0 Å². The van der Waals surface area contributed by atoms with E-state index >= 15 is 0 Å². The van der Waals surface area contributed by atoms with E-state index in [0.717, 1.165) is 25.7 Å². The van der Waals surface area contributed by atoms with Crippen LogP contribution in [0.15, 0.2) is 24.3 Å². The van der Waals surface area contributed by atoms with Gasteiger partial charge in [-0.3, -0.25) is 9.59 Å². The summed E-state index contributed by atoms with van der Waals surface area (Å²) < 4.78 is 11.4. The Hall–Kier alpha value is -0.759. The average Bonchev–Trinajstić information content (AvgIpc) is 2.54. The second-order valence-electron chi connectivity index (χ2n) is 5.55. The van der Waals surface area contributed by atoms with Gasteiger partial charge in [-0.1, -0.05) is 12.1 Å². The normalized spacial score (nSPS) is 9.54. The van der Waals surface area contributed by atoms with E-state index < -0.39 is 11.9 Å². The third-order valence-corrected chi connectivity index (χ3v) is 3.43. The minimum atomic E-state index is -0.766. The molecule has 1 rings (SSSR count).